The Labute approximate surface area is 118 Å². The van der Waals surface area contributed by atoms with E-state index in [9.17, 15) is 4.79 Å². The molecule has 0 saturated carbocycles. The van der Waals surface area contributed by atoms with E-state index in [2.05, 4.69) is 10.6 Å². The van der Waals surface area contributed by atoms with Crippen molar-refractivity contribution >= 4 is 23.2 Å². The zero-order chi connectivity index (χ0) is 13.5. The summed E-state index contributed by atoms with van der Waals surface area (Å²) in [6.45, 7) is 2.45. The number of amides is 1. The van der Waals surface area contributed by atoms with Gasteiger partial charge in [-0.2, -0.15) is 0 Å². The molecule has 1 aromatic carbocycles. The highest BCUT2D eigenvalue weighted by atomic mass is 35.5. The summed E-state index contributed by atoms with van der Waals surface area (Å²) in [5.74, 6) is -0.0676. The number of nitrogens with one attached hydrogen (secondary N) is 2. The number of rotatable bonds is 5. The zero-order valence-electron chi connectivity index (χ0n) is 10.8. The van der Waals surface area contributed by atoms with Crippen LogP contribution in [0, 0.1) is 0 Å². The molecule has 0 radical (unpaired) electrons. The lowest BCUT2D eigenvalue weighted by Gasteiger charge is -2.22. The number of carbonyl (C=O) groups is 1. The summed E-state index contributed by atoms with van der Waals surface area (Å²) in [4.78, 5) is 11.7. The van der Waals surface area contributed by atoms with E-state index in [0.717, 1.165) is 25.9 Å². The van der Waals surface area contributed by atoms with Crippen LogP contribution in [-0.2, 0) is 9.53 Å². The number of hydrogen-bond acceptors (Lipinski definition) is 3. The van der Waals surface area contributed by atoms with E-state index < -0.39 is 0 Å². The summed E-state index contributed by atoms with van der Waals surface area (Å²) in [6, 6.07) is 7.21. The van der Waals surface area contributed by atoms with Gasteiger partial charge in [-0.25, -0.2) is 0 Å². The van der Waals surface area contributed by atoms with Crippen molar-refractivity contribution in [1.29, 1.82) is 0 Å². The molecule has 0 unspecified atom stereocenters. The average Bonchev–Trinajstić information content (AvgIpc) is 2.43. The van der Waals surface area contributed by atoms with Crippen LogP contribution in [-0.4, -0.2) is 31.7 Å². The minimum Gasteiger partial charge on any atom is -0.378 e. The maximum Gasteiger partial charge on any atom is 0.226 e. The molecular formula is C14H19ClN2O2. The second-order valence-corrected chi connectivity index (χ2v) is 5.01. The third-order valence-electron chi connectivity index (χ3n) is 3.12. The molecule has 4 nitrogen and oxygen atoms in total. The molecule has 104 valence electrons. The molecule has 1 amide bonds. The Hall–Kier alpha value is -1.10. The first-order chi connectivity index (χ1) is 9.25. The number of hydrogen-bond donors (Lipinski definition) is 2. The summed E-state index contributed by atoms with van der Waals surface area (Å²) in [5.41, 5.74) is 0.649. The molecule has 2 N–H and O–H groups in total. The van der Waals surface area contributed by atoms with E-state index >= 15 is 0 Å². The van der Waals surface area contributed by atoms with Crippen molar-refractivity contribution < 1.29 is 9.53 Å². The number of piperidine rings is 1. The van der Waals surface area contributed by atoms with Crippen molar-refractivity contribution in [2.24, 2.45) is 0 Å². The van der Waals surface area contributed by atoms with Crippen molar-refractivity contribution in [3.63, 3.8) is 0 Å². The maximum absolute atomic E-state index is 11.7. The van der Waals surface area contributed by atoms with Crippen LogP contribution in [0.5, 0.6) is 0 Å². The summed E-state index contributed by atoms with van der Waals surface area (Å²) in [6.07, 6.45) is 2.68. The first-order valence-electron chi connectivity index (χ1n) is 6.62. The molecule has 19 heavy (non-hydrogen) atoms. The highest BCUT2D eigenvalue weighted by Gasteiger charge is 2.13. The molecule has 1 heterocycles. The summed E-state index contributed by atoms with van der Waals surface area (Å²) in [5, 5.41) is 6.61. The molecular weight excluding hydrogens is 264 g/mol. The SMILES string of the molecule is O=C(CCOC1CCNCC1)Nc1ccccc1Cl. The van der Waals surface area contributed by atoms with Gasteiger partial charge in [-0.1, -0.05) is 23.7 Å². The van der Waals surface area contributed by atoms with Crippen molar-refractivity contribution in [3.05, 3.63) is 29.3 Å². The molecule has 1 fully saturated rings. The fourth-order valence-corrected chi connectivity index (χ4v) is 2.24. The molecule has 0 bridgehead atoms. The lowest BCUT2D eigenvalue weighted by molar-refractivity contribution is -0.117. The standard InChI is InChI=1S/C14H19ClN2O2/c15-12-3-1-2-4-13(12)17-14(18)7-10-19-11-5-8-16-9-6-11/h1-4,11,16H,5-10H2,(H,17,18). The molecule has 1 aliphatic heterocycles. The Bertz CT molecular complexity index is 420. The molecule has 2 rings (SSSR count). The number of ether oxygens (including phenoxy) is 1. The molecule has 0 aliphatic carbocycles. The van der Waals surface area contributed by atoms with Gasteiger partial charge in [0.1, 0.15) is 0 Å². The van der Waals surface area contributed by atoms with Crippen LogP contribution in [0.3, 0.4) is 0 Å². The van der Waals surface area contributed by atoms with Gasteiger partial charge in [-0.3, -0.25) is 4.79 Å². The van der Waals surface area contributed by atoms with Crippen LogP contribution in [0.2, 0.25) is 5.02 Å². The average molecular weight is 283 g/mol. The third kappa shape index (κ3) is 4.82. The van der Waals surface area contributed by atoms with Gasteiger partial charge in [0, 0.05) is 0 Å². The summed E-state index contributed by atoms with van der Waals surface area (Å²) in [7, 11) is 0. The highest BCUT2D eigenvalue weighted by molar-refractivity contribution is 6.33. The van der Waals surface area contributed by atoms with Gasteiger partial charge in [-0.15, -0.1) is 0 Å². The van der Waals surface area contributed by atoms with Crippen LogP contribution < -0.4 is 10.6 Å². The Morgan fingerprint density at radius 3 is 2.84 bits per heavy atom. The van der Waals surface area contributed by atoms with E-state index in [1.165, 1.54) is 0 Å². The first kappa shape index (κ1) is 14.3. The molecule has 1 aliphatic rings. The Kier molecular flexibility index (Phi) is 5.63. The number of anilines is 1. The predicted molar refractivity (Wildman–Crippen MR) is 76.5 cm³/mol. The maximum atomic E-state index is 11.7. The third-order valence-corrected chi connectivity index (χ3v) is 3.45. The fraction of sp³-hybridized carbons (Fsp3) is 0.500. The van der Waals surface area contributed by atoms with Crippen LogP contribution >= 0.6 is 11.6 Å². The zero-order valence-corrected chi connectivity index (χ0v) is 11.6. The van der Waals surface area contributed by atoms with Crippen LogP contribution in [0.1, 0.15) is 19.3 Å². The molecule has 0 spiro atoms. The van der Waals surface area contributed by atoms with Gasteiger partial charge in [0.15, 0.2) is 0 Å². The topological polar surface area (TPSA) is 50.4 Å². The smallest absolute Gasteiger partial charge is 0.226 e. The second kappa shape index (κ2) is 7.48. The largest absolute Gasteiger partial charge is 0.378 e. The van der Waals surface area contributed by atoms with Crippen molar-refractivity contribution in [3.8, 4) is 0 Å². The van der Waals surface area contributed by atoms with Crippen molar-refractivity contribution in [2.45, 2.75) is 25.4 Å². The Morgan fingerprint density at radius 1 is 1.37 bits per heavy atom. The van der Waals surface area contributed by atoms with Crippen LogP contribution in [0.25, 0.3) is 0 Å². The first-order valence-corrected chi connectivity index (χ1v) is 7.00. The van der Waals surface area contributed by atoms with E-state index in [0.29, 0.717) is 23.7 Å². The van der Waals surface area contributed by atoms with Gasteiger partial charge >= 0.3 is 0 Å². The number of carbonyl (C=O) groups excluding carboxylic acids is 1. The minimum atomic E-state index is -0.0676. The monoisotopic (exact) mass is 282 g/mol. The van der Waals surface area contributed by atoms with Gasteiger partial charge in [-0.05, 0) is 38.1 Å². The minimum absolute atomic E-state index is 0.0676. The van der Waals surface area contributed by atoms with Crippen molar-refractivity contribution in [1.82, 2.24) is 5.32 Å². The normalized spacial score (nSPS) is 16.3. The molecule has 1 saturated heterocycles. The Morgan fingerprint density at radius 2 is 2.11 bits per heavy atom. The van der Waals surface area contributed by atoms with Crippen LogP contribution in [0.4, 0.5) is 5.69 Å². The number of benzene rings is 1. The second-order valence-electron chi connectivity index (χ2n) is 4.60. The molecule has 0 aromatic heterocycles. The lowest BCUT2D eigenvalue weighted by atomic mass is 10.1. The predicted octanol–water partition coefficient (Wildman–Crippen LogP) is 2.44. The quantitative estimate of drug-likeness (QED) is 0.872. The molecule has 1 aromatic rings. The van der Waals surface area contributed by atoms with Gasteiger partial charge in [0.25, 0.3) is 0 Å². The van der Waals surface area contributed by atoms with E-state index in [4.69, 9.17) is 16.3 Å². The van der Waals surface area contributed by atoms with Gasteiger partial charge in [0.2, 0.25) is 5.91 Å². The van der Waals surface area contributed by atoms with E-state index in [1.807, 2.05) is 12.1 Å². The van der Waals surface area contributed by atoms with E-state index in [1.54, 1.807) is 12.1 Å². The van der Waals surface area contributed by atoms with Gasteiger partial charge < -0.3 is 15.4 Å². The molecule has 0 atom stereocenters. The van der Waals surface area contributed by atoms with Crippen LogP contribution in [0.15, 0.2) is 24.3 Å². The highest BCUT2D eigenvalue weighted by Crippen LogP contribution is 2.20. The van der Waals surface area contributed by atoms with E-state index in [-0.39, 0.29) is 12.0 Å². The van der Waals surface area contributed by atoms with Crippen molar-refractivity contribution in [2.75, 3.05) is 25.0 Å². The number of para-hydroxylation sites is 1. The summed E-state index contributed by atoms with van der Waals surface area (Å²) < 4.78 is 5.69. The summed E-state index contributed by atoms with van der Waals surface area (Å²) >= 11 is 5.97. The number of halogens is 1. The Balaban J connectivity index is 1.68. The fourth-order valence-electron chi connectivity index (χ4n) is 2.06. The molecule has 5 heteroatoms. The van der Waals surface area contributed by atoms with Gasteiger partial charge in [0.05, 0.1) is 29.8 Å². The lowest BCUT2D eigenvalue weighted by Crippen LogP contribution is -2.33.